The highest BCUT2D eigenvalue weighted by atomic mass is 31.2. The molecule has 2 unspecified atom stereocenters. The third kappa shape index (κ3) is 2.56. The van der Waals surface area contributed by atoms with Crippen LogP contribution in [0.25, 0.3) is 0 Å². The van der Waals surface area contributed by atoms with Crippen LogP contribution in [0.1, 0.15) is 33.6 Å². The lowest BCUT2D eigenvalue weighted by molar-refractivity contribution is -0.148. The first-order chi connectivity index (χ1) is 12.3. The van der Waals surface area contributed by atoms with Gasteiger partial charge in [0.05, 0.1) is 13.0 Å². The Bertz CT molecular complexity index is 785. The summed E-state index contributed by atoms with van der Waals surface area (Å²) < 4.78 is 19.9. The van der Waals surface area contributed by atoms with Gasteiger partial charge < -0.3 is 9.30 Å². The normalized spacial score (nSPS) is 25.0. The molecule has 1 fully saturated rings. The molecule has 1 aliphatic carbocycles. The highest BCUT2D eigenvalue weighted by Gasteiger charge is 2.63. The molecule has 2 aromatic rings. The maximum absolute atomic E-state index is 14.9. The third-order valence-corrected chi connectivity index (χ3v) is 10.8. The summed E-state index contributed by atoms with van der Waals surface area (Å²) in [5, 5.41) is 1.17. The zero-order valence-electron chi connectivity index (χ0n) is 15.9. The Balaban J connectivity index is 2.24. The number of hydrogen-bond acceptors (Lipinski definition) is 3. The lowest BCUT2D eigenvalue weighted by Crippen LogP contribution is -2.47. The fraction of sp³-hybridized carbons (Fsp3) is 0.409. The molecule has 2 aromatic carbocycles. The number of carbonyl (C=O) groups excluding carboxylic acids is 1. The van der Waals surface area contributed by atoms with Crippen LogP contribution in [-0.4, -0.2) is 18.2 Å². The van der Waals surface area contributed by atoms with Gasteiger partial charge in [-0.2, -0.15) is 0 Å². The highest BCUT2D eigenvalue weighted by molar-refractivity contribution is 7.80. The molecule has 1 aliphatic rings. The highest BCUT2D eigenvalue weighted by Crippen LogP contribution is 2.70. The Morgan fingerprint density at radius 3 is 1.85 bits per heavy atom. The van der Waals surface area contributed by atoms with E-state index < -0.39 is 17.7 Å². The molecule has 0 aromatic heterocycles. The number of esters is 1. The molecule has 0 heterocycles. The Morgan fingerprint density at radius 2 is 1.42 bits per heavy atom. The summed E-state index contributed by atoms with van der Waals surface area (Å²) in [4.78, 5) is 12.4. The summed E-state index contributed by atoms with van der Waals surface area (Å²) in [6, 6.07) is 19.5. The van der Waals surface area contributed by atoms with Gasteiger partial charge in [-0.05, 0) is 18.3 Å². The van der Waals surface area contributed by atoms with Crippen molar-refractivity contribution in [2.24, 2.45) is 11.3 Å². The van der Waals surface area contributed by atoms with Crippen LogP contribution in [0.15, 0.2) is 60.7 Å². The van der Waals surface area contributed by atoms with E-state index in [4.69, 9.17) is 4.74 Å². The SMILES string of the molecule is COC(=O)C1CCC(C)(P(=O)(c2ccccc2)c2ccccc2)C1(C)C. The largest absolute Gasteiger partial charge is 0.469 e. The van der Waals surface area contributed by atoms with Crippen LogP contribution in [0, 0.1) is 11.3 Å². The van der Waals surface area contributed by atoms with Crippen LogP contribution in [-0.2, 0) is 14.1 Å². The molecular weight excluding hydrogens is 343 g/mol. The number of ether oxygens (including phenoxy) is 1. The van der Waals surface area contributed by atoms with Gasteiger partial charge in [0.25, 0.3) is 0 Å². The van der Waals surface area contributed by atoms with E-state index in [1.54, 1.807) is 0 Å². The standard InChI is InChI=1S/C22H27O3P/c1-21(2)19(20(23)25-4)15-16-22(21,3)26(24,17-11-7-5-8-12-17)18-13-9-6-10-14-18/h5-14,19H,15-16H2,1-4H3. The molecule has 0 aliphatic heterocycles. The van der Waals surface area contributed by atoms with Gasteiger partial charge in [0.2, 0.25) is 0 Å². The number of carbonyl (C=O) groups is 1. The zero-order chi connectivity index (χ0) is 19.0. The van der Waals surface area contributed by atoms with E-state index in [1.807, 2.05) is 60.7 Å². The minimum atomic E-state index is -3.00. The second-order valence-electron chi connectivity index (χ2n) is 7.89. The average molecular weight is 370 g/mol. The van der Waals surface area contributed by atoms with Crippen LogP contribution in [0.5, 0.6) is 0 Å². The summed E-state index contributed by atoms with van der Waals surface area (Å²) in [6.45, 7) is 6.23. The number of benzene rings is 2. The van der Waals surface area contributed by atoms with Crippen LogP contribution in [0.2, 0.25) is 0 Å². The molecule has 26 heavy (non-hydrogen) atoms. The van der Waals surface area contributed by atoms with Gasteiger partial charge in [-0.25, -0.2) is 0 Å². The maximum Gasteiger partial charge on any atom is 0.309 e. The Hall–Kier alpha value is -1.86. The Morgan fingerprint density at radius 1 is 0.962 bits per heavy atom. The maximum atomic E-state index is 14.9. The molecule has 0 amide bonds. The molecule has 0 spiro atoms. The minimum Gasteiger partial charge on any atom is -0.469 e. The lowest BCUT2D eigenvalue weighted by Gasteiger charge is -2.46. The van der Waals surface area contributed by atoms with E-state index in [2.05, 4.69) is 20.8 Å². The molecule has 0 bridgehead atoms. The quantitative estimate of drug-likeness (QED) is 0.593. The van der Waals surface area contributed by atoms with Crippen molar-refractivity contribution in [3.63, 3.8) is 0 Å². The van der Waals surface area contributed by atoms with Gasteiger partial charge in [-0.1, -0.05) is 81.4 Å². The van der Waals surface area contributed by atoms with Gasteiger partial charge in [-0.3, -0.25) is 4.79 Å². The van der Waals surface area contributed by atoms with Crippen LogP contribution >= 0.6 is 7.14 Å². The molecular formula is C22H27O3P. The van der Waals surface area contributed by atoms with Crippen molar-refractivity contribution >= 4 is 23.7 Å². The summed E-state index contributed by atoms with van der Waals surface area (Å²) in [6.07, 6.45) is 1.42. The third-order valence-electron chi connectivity index (χ3n) is 6.60. The van der Waals surface area contributed by atoms with Gasteiger partial charge >= 0.3 is 5.97 Å². The predicted octanol–water partition coefficient (Wildman–Crippen LogP) is 4.37. The van der Waals surface area contributed by atoms with Crippen molar-refractivity contribution in [1.82, 2.24) is 0 Å². The molecule has 138 valence electrons. The summed E-state index contributed by atoms with van der Waals surface area (Å²) in [7, 11) is -1.57. The van der Waals surface area contributed by atoms with Crippen LogP contribution in [0.4, 0.5) is 0 Å². The zero-order valence-corrected chi connectivity index (χ0v) is 16.8. The van der Waals surface area contributed by atoms with Crippen molar-refractivity contribution < 1.29 is 14.1 Å². The predicted molar refractivity (Wildman–Crippen MR) is 107 cm³/mol. The second-order valence-corrected chi connectivity index (χ2v) is 11.1. The van der Waals surface area contributed by atoms with Crippen molar-refractivity contribution in [2.75, 3.05) is 7.11 Å². The topological polar surface area (TPSA) is 43.4 Å². The Labute approximate surface area is 156 Å². The number of methoxy groups -OCH3 is 1. The van der Waals surface area contributed by atoms with Gasteiger partial charge in [0.1, 0.15) is 7.14 Å². The smallest absolute Gasteiger partial charge is 0.309 e. The van der Waals surface area contributed by atoms with Crippen LogP contribution in [0.3, 0.4) is 0 Å². The molecule has 0 saturated heterocycles. The summed E-state index contributed by atoms with van der Waals surface area (Å²) >= 11 is 0. The molecule has 0 radical (unpaired) electrons. The number of rotatable bonds is 4. The van der Waals surface area contributed by atoms with Crippen molar-refractivity contribution in [2.45, 2.75) is 38.8 Å². The first-order valence-corrected chi connectivity index (χ1v) is 10.8. The monoisotopic (exact) mass is 370 g/mol. The van der Waals surface area contributed by atoms with E-state index >= 15 is 0 Å². The molecule has 1 saturated carbocycles. The van der Waals surface area contributed by atoms with E-state index in [-0.39, 0.29) is 11.9 Å². The summed E-state index contributed by atoms with van der Waals surface area (Å²) in [5.41, 5.74) is -0.457. The van der Waals surface area contributed by atoms with Gasteiger partial charge in [0, 0.05) is 15.8 Å². The van der Waals surface area contributed by atoms with Crippen molar-refractivity contribution in [1.29, 1.82) is 0 Å². The van der Waals surface area contributed by atoms with E-state index in [9.17, 15) is 9.36 Å². The molecule has 3 rings (SSSR count). The lowest BCUT2D eigenvalue weighted by atomic mass is 9.75. The fourth-order valence-electron chi connectivity index (χ4n) is 4.60. The first kappa shape index (κ1) is 18.9. The van der Waals surface area contributed by atoms with E-state index in [1.165, 1.54) is 7.11 Å². The van der Waals surface area contributed by atoms with Crippen molar-refractivity contribution in [3.05, 3.63) is 60.7 Å². The second kappa shape index (κ2) is 6.70. The molecule has 0 N–H and O–H groups in total. The van der Waals surface area contributed by atoms with Gasteiger partial charge in [-0.15, -0.1) is 0 Å². The first-order valence-electron chi connectivity index (χ1n) is 9.08. The van der Waals surface area contributed by atoms with Gasteiger partial charge in [0.15, 0.2) is 0 Å². The minimum absolute atomic E-state index is 0.202. The Kier molecular flexibility index (Phi) is 4.88. The molecule has 4 heteroatoms. The fourth-order valence-corrected chi connectivity index (χ4v) is 8.63. The van der Waals surface area contributed by atoms with E-state index in [0.29, 0.717) is 6.42 Å². The van der Waals surface area contributed by atoms with Crippen LogP contribution < -0.4 is 10.6 Å². The molecule has 3 nitrogen and oxygen atoms in total. The summed E-state index contributed by atoms with van der Waals surface area (Å²) in [5.74, 6) is -0.454. The average Bonchev–Trinajstić information content (AvgIpc) is 2.92. The van der Waals surface area contributed by atoms with E-state index in [0.717, 1.165) is 17.0 Å². The molecule has 2 atom stereocenters. The van der Waals surface area contributed by atoms with Crippen molar-refractivity contribution in [3.8, 4) is 0 Å². The number of hydrogen-bond donors (Lipinski definition) is 0.